The monoisotopic (exact) mass is 132 g/mol. The summed E-state index contributed by atoms with van der Waals surface area (Å²) in [6, 6.07) is 0. The number of nitrogens with one attached hydrogen (secondary N) is 1. The van der Waals surface area contributed by atoms with E-state index in [1.807, 2.05) is 0 Å². The number of terminal acetylenes is 1. The number of nitrogens with zero attached hydrogens (tertiary/aromatic N) is 1. The summed E-state index contributed by atoms with van der Waals surface area (Å²) in [5.41, 5.74) is 0.168. The Morgan fingerprint density at radius 2 is 2.60 bits per heavy atom. The molecule has 3 heteroatoms. The Kier molecular flexibility index (Phi) is 1.70. The number of H-pyrrole nitrogens is 1. The first-order valence-electron chi connectivity index (χ1n) is 2.59. The average molecular weight is 132 g/mol. The summed E-state index contributed by atoms with van der Waals surface area (Å²) in [4.78, 5) is 16.2. The highest BCUT2D eigenvalue weighted by molar-refractivity contribution is 5.43. The van der Waals surface area contributed by atoms with Crippen molar-refractivity contribution in [1.29, 1.82) is 0 Å². The Labute approximate surface area is 57.1 Å². The third kappa shape index (κ3) is 1.13. The lowest BCUT2D eigenvalue weighted by atomic mass is 10.5. The molecular weight excluding hydrogens is 128 g/mol. The van der Waals surface area contributed by atoms with Crippen molar-refractivity contribution in [3.8, 4) is 12.3 Å². The average Bonchev–Trinajstić information content (AvgIpc) is 2.37. The van der Waals surface area contributed by atoms with Crippen molar-refractivity contribution in [1.82, 2.24) is 9.97 Å². The van der Waals surface area contributed by atoms with Crippen LogP contribution in [0.2, 0.25) is 0 Å². The summed E-state index contributed by atoms with van der Waals surface area (Å²) in [5.74, 6) is 3.90. The Hall–Kier alpha value is -1.78. The lowest BCUT2D eigenvalue weighted by Gasteiger charge is -1.64. The van der Waals surface area contributed by atoms with Gasteiger partial charge in [-0.2, -0.15) is 0 Å². The largest absolute Gasteiger partial charge is 0.329 e. The molecule has 10 heavy (non-hydrogen) atoms. The van der Waals surface area contributed by atoms with Crippen LogP contribution in [0, 0.1) is 12.3 Å². The smallest absolute Gasteiger partial charge is 0.217 e. The van der Waals surface area contributed by atoms with Crippen molar-refractivity contribution in [2.24, 2.45) is 0 Å². The molecule has 1 aromatic rings. The maximum atomic E-state index is 9.94. The van der Waals surface area contributed by atoms with E-state index < -0.39 is 0 Å². The van der Waals surface area contributed by atoms with Crippen LogP contribution in [0.3, 0.4) is 0 Å². The number of rotatable bonds is 0. The highest BCUT2D eigenvalue weighted by Gasteiger charge is 1.80. The molecule has 0 bridgehead atoms. The van der Waals surface area contributed by atoms with Crippen molar-refractivity contribution in [2.45, 2.75) is 0 Å². The van der Waals surface area contributed by atoms with E-state index in [4.69, 9.17) is 6.42 Å². The molecule has 0 amide bonds. The number of carbonyl (C=O) groups excluding carboxylic acids is 1. The van der Waals surface area contributed by atoms with E-state index >= 15 is 0 Å². The minimum Gasteiger partial charge on any atom is -0.329 e. The topological polar surface area (TPSA) is 45.8 Å². The van der Waals surface area contributed by atoms with E-state index in [2.05, 4.69) is 15.9 Å². The van der Waals surface area contributed by atoms with Crippen LogP contribution in [-0.2, 0) is 4.79 Å². The van der Waals surface area contributed by atoms with Crippen LogP contribution in [0.1, 0.15) is 0 Å². The number of imidazole rings is 1. The predicted octanol–water partition coefficient (Wildman–Crippen LogP) is -1.67. The molecule has 0 aliphatic carbocycles. The minimum atomic E-state index is 0.168. The molecule has 1 heterocycles. The van der Waals surface area contributed by atoms with Gasteiger partial charge in [0.15, 0.2) is 5.94 Å². The second kappa shape index (κ2) is 2.67. The van der Waals surface area contributed by atoms with Gasteiger partial charge in [0.05, 0.1) is 11.5 Å². The zero-order valence-electron chi connectivity index (χ0n) is 5.09. The molecule has 0 unspecified atom stereocenters. The molecule has 0 spiro atoms. The molecule has 0 saturated heterocycles. The maximum Gasteiger partial charge on any atom is 0.217 e. The van der Waals surface area contributed by atoms with Gasteiger partial charge in [0.25, 0.3) is 0 Å². The first-order valence-corrected chi connectivity index (χ1v) is 2.59. The third-order valence-corrected chi connectivity index (χ3v) is 0.931. The quantitative estimate of drug-likeness (QED) is 0.429. The Bertz CT molecular complexity index is 390. The molecule has 0 radical (unpaired) electrons. The van der Waals surface area contributed by atoms with Gasteiger partial charge >= 0.3 is 0 Å². The van der Waals surface area contributed by atoms with Crippen LogP contribution >= 0.6 is 0 Å². The summed E-state index contributed by atoms with van der Waals surface area (Å²) in [6.45, 7) is 0. The van der Waals surface area contributed by atoms with Crippen LogP contribution < -0.4 is 10.8 Å². The van der Waals surface area contributed by atoms with Crippen LogP contribution in [0.4, 0.5) is 0 Å². The third-order valence-electron chi connectivity index (χ3n) is 0.931. The zero-order valence-corrected chi connectivity index (χ0v) is 5.09. The fourth-order valence-electron chi connectivity index (χ4n) is 0.550. The van der Waals surface area contributed by atoms with E-state index in [0.717, 1.165) is 0 Å². The number of aromatic nitrogens is 2. The molecule has 1 N–H and O–H groups in total. The van der Waals surface area contributed by atoms with Gasteiger partial charge in [0.2, 0.25) is 5.48 Å². The normalized spacial score (nSPS) is 10.5. The van der Waals surface area contributed by atoms with Gasteiger partial charge in [-0.1, -0.05) is 5.92 Å². The van der Waals surface area contributed by atoms with Crippen molar-refractivity contribution >= 4 is 12.0 Å². The minimum absolute atomic E-state index is 0.168. The van der Waals surface area contributed by atoms with Gasteiger partial charge in [-0.15, -0.1) is 6.42 Å². The molecule has 1 aromatic heterocycles. The fraction of sp³-hybridized carbons (Fsp3) is 0. The molecular formula is C7H4N2O. The molecule has 0 aliphatic rings. The van der Waals surface area contributed by atoms with Gasteiger partial charge in [0, 0.05) is 6.08 Å². The summed E-state index contributed by atoms with van der Waals surface area (Å²) >= 11 is 0. The lowest BCUT2D eigenvalue weighted by Crippen LogP contribution is -2.11. The molecule has 3 nitrogen and oxygen atoms in total. The van der Waals surface area contributed by atoms with Gasteiger partial charge in [-0.05, 0) is 0 Å². The number of hydrogen-bond donors (Lipinski definition) is 1. The second-order valence-electron chi connectivity index (χ2n) is 1.60. The highest BCUT2D eigenvalue weighted by atomic mass is 16.1. The second-order valence-corrected chi connectivity index (χ2v) is 1.60. The maximum absolute atomic E-state index is 9.94. The predicted molar refractivity (Wildman–Crippen MR) is 35.9 cm³/mol. The van der Waals surface area contributed by atoms with Gasteiger partial charge in [0.1, 0.15) is 0 Å². The molecule has 0 aliphatic heterocycles. The molecule has 48 valence electrons. The first-order chi connectivity index (χ1) is 4.86. The zero-order chi connectivity index (χ0) is 7.40. The van der Waals surface area contributed by atoms with Gasteiger partial charge < -0.3 is 4.98 Å². The Balaban J connectivity index is 3.42. The standard InChI is InChI=1S/C7H4N2O/c1-2-3-6-4-8-7(5-10)9-6/h1,3-4,9H. The van der Waals surface area contributed by atoms with Crippen molar-refractivity contribution in [2.75, 3.05) is 0 Å². The van der Waals surface area contributed by atoms with Crippen LogP contribution in [0.15, 0.2) is 6.20 Å². The summed E-state index contributed by atoms with van der Waals surface area (Å²) in [7, 11) is 0. The van der Waals surface area contributed by atoms with Crippen molar-refractivity contribution < 1.29 is 4.79 Å². The lowest BCUT2D eigenvalue weighted by molar-refractivity contribution is 0.566. The first kappa shape index (κ1) is 6.34. The molecule has 0 fully saturated rings. The highest BCUT2D eigenvalue weighted by Crippen LogP contribution is 1.54. The van der Waals surface area contributed by atoms with E-state index in [1.54, 1.807) is 5.94 Å². The summed E-state index contributed by atoms with van der Waals surface area (Å²) in [6.07, 6.45) is 7.91. The van der Waals surface area contributed by atoms with Crippen molar-refractivity contribution in [3.05, 3.63) is 17.0 Å². The van der Waals surface area contributed by atoms with E-state index in [0.29, 0.717) is 5.35 Å². The number of hydrogen-bond acceptors (Lipinski definition) is 2. The van der Waals surface area contributed by atoms with Crippen LogP contribution in [0.5, 0.6) is 0 Å². The van der Waals surface area contributed by atoms with Crippen LogP contribution in [0.25, 0.3) is 6.08 Å². The fourth-order valence-corrected chi connectivity index (χ4v) is 0.550. The number of aromatic amines is 1. The van der Waals surface area contributed by atoms with E-state index in [9.17, 15) is 4.79 Å². The van der Waals surface area contributed by atoms with E-state index in [1.165, 1.54) is 12.3 Å². The van der Waals surface area contributed by atoms with E-state index in [-0.39, 0.29) is 5.48 Å². The molecule has 0 aromatic carbocycles. The van der Waals surface area contributed by atoms with Crippen molar-refractivity contribution in [3.63, 3.8) is 0 Å². The van der Waals surface area contributed by atoms with Gasteiger partial charge in [-0.25, -0.2) is 9.78 Å². The molecule has 1 rings (SSSR count). The SMILES string of the molecule is C#CC=c1cnc(=C=O)[nH]1. The molecule has 0 saturated carbocycles. The summed E-state index contributed by atoms with van der Waals surface area (Å²) in [5, 5.41) is 0.640. The molecule has 0 atom stereocenters. The Morgan fingerprint density at radius 3 is 3.10 bits per heavy atom. The van der Waals surface area contributed by atoms with Gasteiger partial charge in [-0.3, -0.25) is 0 Å². The summed E-state index contributed by atoms with van der Waals surface area (Å²) < 4.78 is 0. The van der Waals surface area contributed by atoms with Crippen LogP contribution in [-0.4, -0.2) is 15.9 Å². The Morgan fingerprint density at radius 1 is 1.80 bits per heavy atom.